The minimum Gasteiger partial charge on any atom is -0.355 e. The highest BCUT2D eigenvalue weighted by atomic mass is 16.2. The standard InChI is InChI=1S/3C32H43N5O2/c3*38-31(36-20-12-27(13-21-36)34-16-4-5-17-34)25-10-11-29(30(24-25)33-26-8-2-1-3-9-26)32(39)37-22-14-28(15-23-37)35-18-6-7-19-35/h3*1-3,8-11,24,27-28,33H,4-7,12-23H2. The molecule has 12 heterocycles. The van der Waals surface area contributed by atoms with Gasteiger partial charge in [0.05, 0.1) is 33.8 Å². The number of likely N-dealkylation sites (tertiary alicyclic amines) is 12. The Morgan fingerprint density at radius 3 is 0.556 bits per heavy atom. The van der Waals surface area contributed by atoms with Crippen LogP contribution in [0.15, 0.2) is 146 Å². The molecule has 0 radical (unpaired) electrons. The lowest BCUT2D eigenvalue weighted by molar-refractivity contribution is 0.0633. The Morgan fingerprint density at radius 1 is 0.205 bits per heavy atom. The van der Waals surface area contributed by atoms with Crippen LogP contribution in [0.25, 0.3) is 0 Å². The zero-order valence-electron chi connectivity index (χ0n) is 69.6. The van der Waals surface area contributed by atoms with E-state index in [4.69, 9.17) is 0 Å². The highest BCUT2D eigenvalue weighted by molar-refractivity contribution is 6.06. The summed E-state index contributed by atoms with van der Waals surface area (Å²) < 4.78 is 0. The van der Waals surface area contributed by atoms with Crippen LogP contribution >= 0.6 is 0 Å². The topological polar surface area (TPSA) is 177 Å². The van der Waals surface area contributed by atoms with E-state index in [1.807, 2.05) is 175 Å². The summed E-state index contributed by atoms with van der Waals surface area (Å²) in [6.45, 7) is 24.0. The van der Waals surface area contributed by atoms with Crippen LogP contribution in [0.4, 0.5) is 34.1 Å². The maximum Gasteiger partial charge on any atom is 0.255 e. The highest BCUT2D eigenvalue weighted by Crippen LogP contribution is 2.35. The van der Waals surface area contributed by atoms with Gasteiger partial charge in [-0.1, -0.05) is 54.6 Å². The van der Waals surface area contributed by atoms with Crippen LogP contribution in [-0.2, 0) is 0 Å². The number of para-hydroxylation sites is 3. The first-order valence-corrected chi connectivity index (χ1v) is 45.6. The number of benzene rings is 6. The molecule has 12 fully saturated rings. The monoisotopic (exact) mass is 1590 g/mol. The Morgan fingerprint density at radius 2 is 0.376 bits per heavy atom. The molecular weight excluding hydrogens is 1460 g/mol. The van der Waals surface area contributed by atoms with E-state index >= 15 is 0 Å². The van der Waals surface area contributed by atoms with Crippen molar-refractivity contribution in [2.45, 2.75) is 190 Å². The van der Waals surface area contributed by atoms with E-state index in [9.17, 15) is 28.8 Å². The maximum atomic E-state index is 13.8. The second kappa shape index (κ2) is 39.9. The zero-order valence-corrected chi connectivity index (χ0v) is 69.6. The van der Waals surface area contributed by atoms with E-state index < -0.39 is 0 Å². The molecule has 117 heavy (non-hydrogen) atoms. The van der Waals surface area contributed by atoms with Crippen LogP contribution in [0, 0.1) is 0 Å². The van der Waals surface area contributed by atoms with Gasteiger partial charge in [-0.25, -0.2) is 0 Å². The Hall–Kier alpha value is -8.70. The third-order valence-electron chi connectivity index (χ3n) is 28.1. The van der Waals surface area contributed by atoms with Crippen molar-refractivity contribution in [3.8, 4) is 0 Å². The van der Waals surface area contributed by atoms with Crippen molar-refractivity contribution in [1.29, 1.82) is 0 Å². The van der Waals surface area contributed by atoms with Crippen molar-refractivity contribution in [1.82, 2.24) is 58.8 Å². The van der Waals surface area contributed by atoms with Crippen molar-refractivity contribution in [3.05, 3.63) is 179 Å². The predicted octanol–water partition coefficient (Wildman–Crippen LogP) is 14.5. The molecule has 21 heteroatoms. The van der Waals surface area contributed by atoms with E-state index in [-0.39, 0.29) is 35.4 Å². The molecular formula is C96H129N15O6. The summed E-state index contributed by atoms with van der Waals surface area (Å²) in [7, 11) is 0. The molecule has 6 aromatic rings. The third-order valence-corrected chi connectivity index (χ3v) is 28.1. The largest absolute Gasteiger partial charge is 0.355 e. The zero-order chi connectivity index (χ0) is 79.8. The van der Waals surface area contributed by atoms with Gasteiger partial charge in [-0.3, -0.25) is 28.8 Å². The fraction of sp³-hybridized carbons (Fsp3) is 0.562. The fourth-order valence-corrected chi connectivity index (χ4v) is 21.2. The van der Waals surface area contributed by atoms with Gasteiger partial charge in [0.1, 0.15) is 0 Å². The summed E-state index contributed by atoms with van der Waals surface area (Å²) in [6, 6.07) is 50.3. The number of amides is 6. The Kier molecular flexibility index (Phi) is 28.0. The summed E-state index contributed by atoms with van der Waals surface area (Å²) in [5, 5.41) is 10.4. The number of rotatable bonds is 18. The number of hydrogen-bond acceptors (Lipinski definition) is 15. The minimum absolute atomic E-state index is 0.0544. The SMILES string of the molecule is O=C(c1ccc(C(=O)N2CCC(N3CCCC3)CC2)c(Nc2ccccc2)c1)N1CCC(N2CCCC2)CC1.O=C(c1ccc(C(=O)N2CCC(N3CCCC3)CC2)c(Nc2ccccc2)c1)N1CCC(N2CCCC2)CC1.O=C(c1ccc(C(=O)N2CCC(N3CCCC3)CC2)c(Nc2ccccc2)c1)N1CCC(N2CCCC2)CC1. The van der Waals surface area contributed by atoms with Crippen LogP contribution < -0.4 is 16.0 Å². The van der Waals surface area contributed by atoms with Crippen molar-refractivity contribution < 1.29 is 28.8 Å². The van der Waals surface area contributed by atoms with Crippen LogP contribution in [0.1, 0.15) is 216 Å². The number of nitrogens with one attached hydrogen (secondary N) is 3. The Balaban J connectivity index is 0.000000131. The normalized spacial score (nSPS) is 21.9. The molecule has 21 nitrogen and oxygen atoms in total. The molecule has 18 rings (SSSR count). The fourth-order valence-electron chi connectivity index (χ4n) is 21.2. The molecule has 0 unspecified atom stereocenters. The van der Waals surface area contributed by atoms with Crippen molar-refractivity contribution in [3.63, 3.8) is 0 Å². The summed E-state index contributed by atoms with van der Waals surface area (Å²) in [6.07, 6.45) is 28.1. The minimum atomic E-state index is 0.0544. The lowest BCUT2D eigenvalue weighted by Crippen LogP contribution is -2.46. The van der Waals surface area contributed by atoms with Crippen molar-refractivity contribution >= 4 is 69.6 Å². The number of anilines is 6. The molecule has 3 N–H and O–H groups in total. The number of carbonyl (C=O) groups excluding carboxylic acids is 6. The summed E-state index contributed by atoms with van der Waals surface area (Å²) in [5.41, 5.74) is 8.75. The smallest absolute Gasteiger partial charge is 0.255 e. The van der Waals surface area contributed by atoms with E-state index in [1.54, 1.807) is 0 Å². The molecule has 12 saturated heterocycles. The Bertz CT molecular complexity index is 3810. The molecule has 0 aromatic heterocycles. The van der Waals surface area contributed by atoms with Crippen molar-refractivity contribution in [2.75, 3.05) is 173 Å². The second-order valence-corrected chi connectivity index (χ2v) is 35.4. The molecule has 0 bridgehead atoms. The molecule has 0 atom stereocenters. The van der Waals surface area contributed by atoms with E-state index in [0.717, 1.165) is 173 Å². The van der Waals surface area contributed by atoms with Gasteiger partial charge in [-0.05, 0) is 324 Å². The van der Waals surface area contributed by atoms with Gasteiger partial charge in [0.2, 0.25) is 0 Å². The predicted molar refractivity (Wildman–Crippen MR) is 467 cm³/mol. The third kappa shape index (κ3) is 20.6. The second-order valence-electron chi connectivity index (χ2n) is 35.4. The lowest BCUT2D eigenvalue weighted by Gasteiger charge is -2.37. The van der Waals surface area contributed by atoms with Crippen LogP contribution in [0.5, 0.6) is 0 Å². The molecule has 12 aliphatic heterocycles. The van der Waals surface area contributed by atoms with Gasteiger partial charge in [-0.2, -0.15) is 0 Å². The van der Waals surface area contributed by atoms with Crippen LogP contribution in [-0.4, -0.2) is 288 Å². The van der Waals surface area contributed by atoms with Gasteiger partial charge >= 0.3 is 0 Å². The average molecular weight is 1590 g/mol. The molecule has 6 aromatic carbocycles. The highest BCUT2D eigenvalue weighted by Gasteiger charge is 2.38. The van der Waals surface area contributed by atoms with Crippen LogP contribution in [0.3, 0.4) is 0 Å². The quantitative estimate of drug-likeness (QED) is 0.0740. The van der Waals surface area contributed by atoms with Gasteiger partial charge < -0.3 is 74.7 Å². The molecule has 624 valence electrons. The molecule has 12 aliphatic rings. The van der Waals surface area contributed by atoms with Crippen molar-refractivity contribution in [2.24, 2.45) is 0 Å². The lowest BCUT2D eigenvalue weighted by atomic mass is 10.00. The number of hydrogen-bond donors (Lipinski definition) is 3. The number of carbonyl (C=O) groups is 6. The first-order valence-electron chi connectivity index (χ1n) is 45.6. The average Bonchev–Trinajstić information content (AvgIpc) is 1.71. The summed E-state index contributed by atoms with van der Waals surface area (Å²) in [5.74, 6) is 0.361. The van der Waals surface area contributed by atoms with Gasteiger partial charge in [0.25, 0.3) is 35.4 Å². The Labute approximate surface area is 695 Å². The molecule has 0 saturated carbocycles. The van der Waals surface area contributed by atoms with Crippen LogP contribution in [0.2, 0.25) is 0 Å². The molecule has 0 spiro atoms. The molecule has 0 aliphatic carbocycles. The van der Waals surface area contributed by atoms with Gasteiger partial charge in [0.15, 0.2) is 0 Å². The first kappa shape index (κ1) is 82.0. The summed E-state index contributed by atoms with van der Waals surface area (Å²) >= 11 is 0. The molecule has 6 amide bonds. The first-order chi connectivity index (χ1) is 57.5. The van der Waals surface area contributed by atoms with E-state index in [2.05, 4.69) is 45.3 Å². The van der Waals surface area contributed by atoms with E-state index in [0.29, 0.717) is 86.7 Å². The number of nitrogens with zero attached hydrogens (tertiary/aromatic N) is 12. The van der Waals surface area contributed by atoms with Gasteiger partial charge in [-0.15, -0.1) is 0 Å². The van der Waals surface area contributed by atoms with Gasteiger partial charge in [0, 0.05) is 149 Å². The number of piperidine rings is 6. The summed E-state index contributed by atoms with van der Waals surface area (Å²) in [4.78, 5) is 110. The van der Waals surface area contributed by atoms with E-state index in [1.165, 1.54) is 156 Å². The maximum absolute atomic E-state index is 13.8.